The molecule has 3 rings (SSSR count). The zero-order chi connectivity index (χ0) is 19.4. The van der Waals surface area contributed by atoms with Gasteiger partial charge in [-0.05, 0) is 38.0 Å². The predicted octanol–water partition coefficient (Wildman–Crippen LogP) is 2.64. The van der Waals surface area contributed by atoms with Crippen LogP contribution in [0.1, 0.15) is 49.4 Å². The number of nitrogens with zero attached hydrogens (tertiary/aromatic N) is 2. The van der Waals surface area contributed by atoms with E-state index in [1.54, 1.807) is 4.90 Å². The van der Waals surface area contributed by atoms with Crippen molar-refractivity contribution in [3.8, 4) is 0 Å². The molecule has 2 aliphatic rings. The summed E-state index contributed by atoms with van der Waals surface area (Å²) in [6, 6.07) is 3.81. The number of benzene rings is 1. The number of halogens is 1. The summed E-state index contributed by atoms with van der Waals surface area (Å²) in [5, 5.41) is 0. The SMILES string of the molecule is CCN(C(=O)c1ccc(F)c(S(=O)(=O)N2CCOCC2)c1)C1CCCCC1. The molecule has 1 amide bonds. The minimum Gasteiger partial charge on any atom is -0.379 e. The van der Waals surface area contributed by atoms with Crippen molar-refractivity contribution in [3.05, 3.63) is 29.6 Å². The molecule has 0 N–H and O–H groups in total. The van der Waals surface area contributed by atoms with Gasteiger partial charge >= 0.3 is 0 Å². The highest BCUT2D eigenvalue weighted by Gasteiger charge is 2.31. The average molecular weight is 399 g/mol. The fourth-order valence-corrected chi connectivity index (χ4v) is 5.38. The first-order valence-corrected chi connectivity index (χ1v) is 11.1. The molecule has 1 heterocycles. The minimum atomic E-state index is -4.00. The number of morpholine rings is 1. The summed E-state index contributed by atoms with van der Waals surface area (Å²) in [6.07, 6.45) is 5.28. The lowest BCUT2D eigenvalue weighted by atomic mass is 9.93. The molecule has 27 heavy (non-hydrogen) atoms. The van der Waals surface area contributed by atoms with Gasteiger partial charge in [-0.1, -0.05) is 19.3 Å². The van der Waals surface area contributed by atoms with Crippen LogP contribution in [0.3, 0.4) is 0 Å². The van der Waals surface area contributed by atoms with E-state index in [-0.39, 0.29) is 43.8 Å². The molecular formula is C19H27FN2O4S. The number of ether oxygens (including phenoxy) is 1. The number of carbonyl (C=O) groups excluding carboxylic acids is 1. The number of rotatable bonds is 5. The van der Waals surface area contributed by atoms with Crippen molar-refractivity contribution >= 4 is 15.9 Å². The van der Waals surface area contributed by atoms with Gasteiger partial charge in [0.25, 0.3) is 5.91 Å². The molecule has 150 valence electrons. The molecule has 1 aliphatic heterocycles. The molecule has 2 fully saturated rings. The van der Waals surface area contributed by atoms with Crippen LogP contribution < -0.4 is 0 Å². The molecule has 1 saturated heterocycles. The summed E-state index contributed by atoms with van der Waals surface area (Å²) < 4.78 is 46.4. The second-order valence-corrected chi connectivity index (χ2v) is 8.95. The van der Waals surface area contributed by atoms with E-state index >= 15 is 0 Å². The largest absolute Gasteiger partial charge is 0.379 e. The van der Waals surface area contributed by atoms with Crippen LogP contribution in [0.4, 0.5) is 4.39 Å². The van der Waals surface area contributed by atoms with Crippen LogP contribution in [-0.2, 0) is 14.8 Å². The zero-order valence-electron chi connectivity index (χ0n) is 15.7. The Balaban J connectivity index is 1.88. The van der Waals surface area contributed by atoms with Crippen molar-refractivity contribution in [1.82, 2.24) is 9.21 Å². The van der Waals surface area contributed by atoms with Gasteiger partial charge in [0.1, 0.15) is 10.7 Å². The van der Waals surface area contributed by atoms with Crippen LogP contribution in [-0.4, -0.2) is 62.4 Å². The molecule has 0 aromatic heterocycles. The van der Waals surface area contributed by atoms with Crippen molar-refractivity contribution < 1.29 is 22.3 Å². The van der Waals surface area contributed by atoms with Crippen LogP contribution in [0, 0.1) is 5.82 Å². The highest BCUT2D eigenvalue weighted by molar-refractivity contribution is 7.89. The maximum Gasteiger partial charge on any atom is 0.254 e. The second-order valence-electron chi connectivity index (χ2n) is 7.04. The van der Waals surface area contributed by atoms with Gasteiger partial charge in [-0.3, -0.25) is 4.79 Å². The van der Waals surface area contributed by atoms with E-state index in [1.807, 2.05) is 6.92 Å². The summed E-state index contributed by atoms with van der Waals surface area (Å²) in [5.41, 5.74) is 0.218. The average Bonchev–Trinajstić information content (AvgIpc) is 2.70. The van der Waals surface area contributed by atoms with Crippen LogP contribution in [0.15, 0.2) is 23.1 Å². The zero-order valence-corrected chi connectivity index (χ0v) is 16.5. The number of amides is 1. The predicted molar refractivity (Wildman–Crippen MR) is 99.6 cm³/mol. The molecule has 1 aromatic carbocycles. The van der Waals surface area contributed by atoms with E-state index in [9.17, 15) is 17.6 Å². The number of hydrogen-bond acceptors (Lipinski definition) is 4. The van der Waals surface area contributed by atoms with Gasteiger partial charge in [-0.25, -0.2) is 12.8 Å². The molecule has 0 unspecified atom stereocenters. The first kappa shape index (κ1) is 20.2. The quantitative estimate of drug-likeness (QED) is 0.765. The van der Waals surface area contributed by atoms with Gasteiger partial charge in [-0.2, -0.15) is 4.31 Å². The third-order valence-electron chi connectivity index (χ3n) is 5.38. The number of sulfonamides is 1. The molecule has 0 atom stereocenters. The Bertz CT molecular complexity index is 772. The molecule has 0 radical (unpaired) electrons. The fraction of sp³-hybridized carbons (Fsp3) is 0.632. The van der Waals surface area contributed by atoms with Crippen LogP contribution in [0.2, 0.25) is 0 Å². The van der Waals surface area contributed by atoms with Gasteiger partial charge in [0.2, 0.25) is 10.0 Å². The van der Waals surface area contributed by atoms with E-state index < -0.39 is 20.7 Å². The summed E-state index contributed by atoms with van der Waals surface area (Å²) in [6.45, 7) is 3.40. The third-order valence-corrected chi connectivity index (χ3v) is 7.30. The molecule has 0 bridgehead atoms. The van der Waals surface area contributed by atoms with Crippen molar-refractivity contribution in [2.24, 2.45) is 0 Å². The van der Waals surface area contributed by atoms with Crippen LogP contribution in [0.5, 0.6) is 0 Å². The third kappa shape index (κ3) is 4.33. The van der Waals surface area contributed by atoms with Crippen molar-refractivity contribution in [1.29, 1.82) is 0 Å². The Morgan fingerprint density at radius 3 is 2.52 bits per heavy atom. The topological polar surface area (TPSA) is 66.9 Å². The Morgan fingerprint density at radius 1 is 1.22 bits per heavy atom. The normalized spacial score (nSPS) is 19.8. The lowest BCUT2D eigenvalue weighted by Gasteiger charge is -2.33. The molecule has 1 aliphatic carbocycles. The van der Waals surface area contributed by atoms with Gasteiger partial charge in [-0.15, -0.1) is 0 Å². The van der Waals surface area contributed by atoms with Crippen molar-refractivity contribution in [3.63, 3.8) is 0 Å². The highest BCUT2D eigenvalue weighted by Crippen LogP contribution is 2.26. The second kappa shape index (κ2) is 8.67. The van der Waals surface area contributed by atoms with E-state index in [0.29, 0.717) is 6.54 Å². The number of hydrogen-bond donors (Lipinski definition) is 0. The minimum absolute atomic E-state index is 0.167. The monoisotopic (exact) mass is 398 g/mol. The number of carbonyl (C=O) groups is 1. The molecule has 8 heteroatoms. The van der Waals surface area contributed by atoms with Gasteiger partial charge in [0, 0.05) is 31.2 Å². The Kier molecular flexibility index (Phi) is 6.49. The van der Waals surface area contributed by atoms with Gasteiger partial charge in [0.15, 0.2) is 0 Å². The van der Waals surface area contributed by atoms with Crippen LogP contribution in [0.25, 0.3) is 0 Å². The van der Waals surface area contributed by atoms with Crippen molar-refractivity contribution in [2.45, 2.75) is 50.0 Å². The summed E-state index contributed by atoms with van der Waals surface area (Å²) in [5.74, 6) is -1.07. The molecule has 0 spiro atoms. The first-order valence-electron chi connectivity index (χ1n) is 9.63. The fourth-order valence-electron chi connectivity index (χ4n) is 3.89. The van der Waals surface area contributed by atoms with Crippen LogP contribution >= 0.6 is 0 Å². The first-order chi connectivity index (χ1) is 12.9. The van der Waals surface area contributed by atoms with Gasteiger partial charge < -0.3 is 9.64 Å². The molecular weight excluding hydrogens is 371 g/mol. The van der Waals surface area contributed by atoms with Crippen molar-refractivity contribution in [2.75, 3.05) is 32.8 Å². The smallest absolute Gasteiger partial charge is 0.254 e. The molecule has 1 aromatic rings. The molecule has 6 nitrogen and oxygen atoms in total. The maximum atomic E-state index is 14.4. The lowest BCUT2D eigenvalue weighted by molar-refractivity contribution is 0.0647. The Hall–Kier alpha value is -1.51. The maximum absolute atomic E-state index is 14.4. The summed E-state index contributed by atoms with van der Waals surface area (Å²) >= 11 is 0. The van der Waals surface area contributed by atoms with E-state index in [0.717, 1.165) is 31.7 Å². The molecule has 1 saturated carbocycles. The summed E-state index contributed by atoms with van der Waals surface area (Å²) in [4.78, 5) is 14.4. The van der Waals surface area contributed by atoms with Gasteiger partial charge in [0.05, 0.1) is 13.2 Å². The van der Waals surface area contributed by atoms with E-state index in [2.05, 4.69) is 0 Å². The lowest BCUT2D eigenvalue weighted by Crippen LogP contribution is -2.42. The Labute approximate surface area is 160 Å². The highest BCUT2D eigenvalue weighted by atomic mass is 32.2. The Morgan fingerprint density at radius 2 is 1.89 bits per heavy atom. The van der Waals surface area contributed by atoms with E-state index in [4.69, 9.17) is 4.74 Å². The summed E-state index contributed by atoms with van der Waals surface area (Å²) in [7, 11) is -4.00. The standard InChI is InChI=1S/C19H27FN2O4S/c1-2-22(16-6-4-3-5-7-16)19(23)15-8-9-17(20)18(14-15)27(24,25)21-10-12-26-13-11-21/h8-9,14,16H,2-7,10-13H2,1H3. The van der Waals surface area contributed by atoms with E-state index in [1.165, 1.54) is 22.9 Å².